The van der Waals surface area contributed by atoms with Crippen LogP contribution in [0.1, 0.15) is 63.0 Å². The summed E-state index contributed by atoms with van der Waals surface area (Å²) in [5, 5.41) is 10.2. The van der Waals surface area contributed by atoms with Crippen LogP contribution < -0.4 is 11.5 Å². The minimum Gasteiger partial charge on any atom is -0.463 e. The summed E-state index contributed by atoms with van der Waals surface area (Å²) in [6.07, 6.45) is 9.99. The fourth-order valence-corrected chi connectivity index (χ4v) is 11.4. The number of pyridine rings is 2. The fourth-order valence-electron chi connectivity index (χ4n) is 8.51. The highest BCUT2D eigenvalue weighted by atomic mass is 35.5. The summed E-state index contributed by atoms with van der Waals surface area (Å²) >= 11 is 14.2. The Bertz CT molecular complexity index is 2630. The number of nitrogens with zero attached hydrogens (tertiary/aromatic N) is 4. The molecule has 11 nitrogen and oxygen atoms in total. The maximum absolute atomic E-state index is 15.1. The SMILES string of the molecule is CCOC(=O)/C=C/[C@]12C[C@H]1[C@@](CF)(c1cc(CC(=O)c3ccc(Cl)cn3)ccc1F)N=C(N)S2.NC1=N[C@](CF)(c2cc(CC(=O)c3ccc(Cl)cn3)ccc2F)[C@@H]2C[C@]2(/C=C/CO)S1. The highest BCUT2D eigenvalue weighted by Gasteiger charge is 2.68. The zero-order valence-corrected chi connectivity index (χ0v) is 37.8. The van der Waals surface area contributed by atoms with Gasteiger partial charge in [0.15, 0.2) is 21.9 Å². The van der Waals surface area contributed by atoms with E-state index in [-0.39, 0.29) is 76.4 Å². The number of rotatable bonds is 15. The quantitative estimate of drug-likeness (QED) is 0.0343. The van der Waals surface area contributed by atoms with Crippen LogP contribution in [0.15, 0.2) is 107 Å². The molecule has 0 saturated heterocycles. The first kappa shape index (κ1) is 47.9. The third-order valence-electron chi connectivity index (χ3n) is 11.7. The first-order valence-electron chi connectivity index (χ1n) is 20.3. The van der Waals surface area contributed by atoms with E-state index in [1.54, 1.807) is 37.3 Å². The first-order chi connectivity index (χ1) is 31.1. The number of esters is 1. The summed E-state index contributed by atoms with van der Waals surface area (Å²) < 4.78 is 62.9. The number of thioether (sulfide) groups is 2. The van der Waals surface area contributed by atoms with Gasteiger partial charge in [-0.05, 0) is 79.4 Å². The lowest BCUT2D eigenvalue weighted by atomic mass is 9.83. The fraction of sp³-hybridized carbons (Fsp3) is 0.326. The van der Waals surface area contributed by atoms with Gasteiger partial charge < -0.3 is 21.3 Å². The van der Waals surface area contributed by atoms with Gasteiger partial charge in [-0.15, -0.1) is 0 Å². The number of fused-ring (bicyclic) bond motifs is 2. The minimum absolute atomic E-state index is 0.0293. The number of ether oxygens (including phenoxy) is 1. The van der Waals surface area contributed by atoms with E-state index >= 15 is 4.39 Å². The highest BCUT2D eigenvalue weighted by molar-refractivity contribution is 8.15. The van der Waals surface area contributed by atoms with Gasteiger partial charge in [-0.2, -0.15) is 0 Å². The van der Waals surface area contributed by atoms with E-state index < -0.39 is 57.4 Å². The summed E-state index contributed by atoms with van der Waals surface area (Å²) in [5.74, 6) is -3.06. The number of ketones is 2. The van der Waals surface area contributed by atoms with Crippen molar-refractivity contribution in [3.63, 3.8) is 0 Å². The first-order valence-corrected chi connectivity index (χ1v) is 22.7. The van der Waals surface area contributed by atoms with Crippen LogP contribution >= 0.6 is 46.7 Å². The summed E-state index contributed by atoms with van der Waals surface area (Å²) in [6.45, 7) is -0.143. The topological polar surface area (TPSA) is 183 Å². The van der Waals surface area contributed by atoms with Crippen LogP contribution in [0.3, 0.4) is 0 Å². The van der Waals surface area contributed by atoms with Crippen LogP contribution in [0, 0.1) is 23.5 Å². The Balaban J connectivity index is 0.000000195. The predicted octanol–water partition coefficient (Wildman–Crippen LogP) is 8.24. The molecule has 0 unspecified atom stereocenters. The number of hydrogen-bond donors (Lipinski definition) is 3. The molecule has 0 amide bonds. The second-order valence-electron chi connectivity index (χ2n) is 15.9. The Morgan fingerprint density at radius 1 is 0.769 bits per heavy atom. The molecule has 0 spiro atoms. The second kappa shape index (κ2) is 19.4. The molecule has 4 aliphatic rings. The molecule has 4 aromatic rings. The van der Waals surface area contributed by atoms with Crippen molar-refractivity contribution < 1.29 is 41.8 Å². The molecule has 8 rings (SSSR count). The number of amidine groups is 2. The summed E-state index contributed by atoms with van der Waals surface area (Å²) in [4.78, 5) is 53.8. The molecule has 0 radical (unpaired) electrons. The Morgan fingerprint density at radius 3 is 1.63 bits per heavy atom. The Kier molecular flexibility index (Phi) is 14.3. The van der Waals surface area contributed by atoms with E-state index in [2.05, 4.69) is 20.0 Å². The van der Waals surface area contributed by atoms with Crippen LogP contribution in [0.2, 0.25) is 10.0 Å². The van der Waals surface area contributed by atoms with Gasteiger partial charge in [0, 0.05) is 63.8 Å². The van der Waals surface area contributed by atoms with E-state index in [0.717, 1.165) is 0 Å². The van der Waals surface area contributed by atoms with Gasteiger partial charge in [0.05, 0.1) is 23.3 Å². The van der Waals surface area contributed by atoms with E-state index in [1.165, 1.54) is 90.5 Å². The maximum atomic E-state index is 15.1. The largest absolute Gasteiger partial charge is 0.463 e. The van der Waals surface area contributed by atoms with Gasteiger partial charge >= 0.3 is 5.97 Å². The Hall–Kier alpha value is -5.07. The van der Waals surface area contributed by atoms with Crippen molar-refractivity contribution in [1.82, 2.24) is 9.97 Å². The van der Waals surface area contributed by atoms with Crippen LogP contribution in [-0.4, -0.2) is 79.0 Å². The number of aliphatic hydroxyl groups excluding tert-OH is 1. The average molecular weight is 970 g/mol. The third-order valence-corrected chi connectivity index (χ3v) is 14.7. The van der Waals surface area contributed by atoms with Gasteiger partial charge in [-0.1, -0.05) is 77.1 Å². The molecule has 2 saturated carbocycles. The van der Waals surface area contributed by atoms with E-state index in [4.69, 9.17) is 44.5 Å². The number of hydrogen-bond acceptors (Lipinski definition) is 13. The summed E-state index contributed by atoms with van der Waals surface area (Å²) in [5.41, 5.74) is 10.6. The molecular formula is C46H42Cl2F4N6O5S2. The maximum Gasteiger partial charge on any atom is 0.330 e. The van der Waals surface area contributed by atoms with Crippen LogP contribution in [-0.2, 0) is 33.5 Å². The van der Waals surface area contributed by atoms with Crippen molar-refractivity contribution in [1.29, 1.82) is 0 Å². The number of aliphatic hydroxyl groups is 1. The zero-order valence-electron chi connectivity index (χ0n) is 34.7. The van der Waals surface area contributed by atoms with Gasteiger partial charge in [0.25, 0.3) is 0 Å². The number of aliphatic imine (C=N–C) groups is 2. The van der Waals surface area contributed by atoms with Gasteiger partial charge in [-0.25, -0.2) is 32.3 Å². The van der Waals surface area contributed by atoms with Crippen LogP contribution in [0.4, 0.5) is 17.6 Å². The van der Waals surface area contributed by atoms with E-state index in [1.807, 2.05) is 0 Å². The summed E-state index contributed by atoms with van der Waals surface area (Å²) in [6, 6.07) is 14.5. The molecule has 0 bridgehead atoms. The molecule has 65 heavy (non-hydrogen) atoms. The molecule has 2 aromatic heterocycles. The van der Waals surface area contributed by atoms with Gasteiger partial charge in [0.1, 0.15) is 47.4 Å². The molecule has 2 aliphatic heterocycles. The van der Waals surface area contributed by atoms with Gasteiger partial charge in [0.2, 0.25) is 0 Å². The molecule has 2 aromatic carbocycles. The average Bonchev–Trinajstić information content (AvgIpc) is 4.21. The van der Waals surface area contributed by atoms with Crippen molar-refractivity contribution in [2.75, 3.05) is 26.6 Å². The van der Waals surface area contributed by atoms with Crippen LogP contribution in [0.25, 0.3) is 0 Å². The lowest BCUT2D eigenvalue weighted by Crippen LogP contribution is -2.39. The number of alkyl halides is 2. The monoisotopic (exact) mass is 968 g/mol. The van der Waals surface area contributed by atoms with Crippen LogP contribution in [0.5, 0.6) is 0 Å². The predicted molar refractivity (Wildman–Crippen MR) is 245 cm³/mol. The summed E-state index contributed by atoms with van der Waals surface area (Å²) in [7, 11) is 0. The number of carbonyl (C=O) groups is 3. The normalized spacial score (nSPS) is 26.3. The third kappa shape index (κ3) is 9.90. The molecule has 340 valence electrons. The van der Waals surface area contributed by atoms with Crippen molar-refractivity contribution in [2.45, 2.75) is 53.2 Å². The number of carbonyl (C=O) groups excluding carboxylic acids is 3. The number of Topliss-reactive ketones (excluding diaryl/α,β-unsaturated/α-hetero) is 2. The lowest BCUT2D eigenvalue weighted by Gasteiger charge is -2.34. The second-order valence-corrected chi connectivity index (χ2v) is 19.5. The van der Waals surface area contributed by atoms with Crippen molar-refractivity contribution in [3.05, 3.63) is 153 Å². The standard InChI is InChI=1S/C24H22ClF2N3O3S.C22H20ClF2N3O2S/c1-2-33-21(32)7-8-23-11-20(23)24(13-26,30-22(28)34-23)16-9-14(3-5-17(16)27)10-19(31)18-6-4-15(25)12-29-18;23-14-3-5-17(27-11-14)18(30)9-13-2-4-16(25)15(8-13)22(12-24)19-10-21(19,6-1-7-29)31-20(26)28-22/h3-9,12,20H,2,10-11,13H2,1H3,(H2,28,30);1-6,8,11,19,29H,7,9-10,12H2,(H2,26,28)/b8-7+;6-1+/t20-,23+,24-;19-,21+,22-/m11/s1. The van der Waals surface area contributed by atoms with Crippen molar-refractivity contribution in [3.8, 4) is 0 Å². The Morgan fingerprint density at radius 2 is 1.23 bits per heavy atom. The lowest BCUT2D eigenvalue weighted by molar-refractivity contribution is -0.137. The zero-order chi connectivity index (χ0) is 46.7. The number of benzene rings is 2. The molecule has 2 fully saturated rings. The smallest absolute Gasteiger partial charge is 0.330 e. The van der Waals surface area contributed by atoms with E-state index in [0.29, 0.717) is 34.0 Å². The number of halogens is 6. The number of nitrogens with two attached hydrogens (primary N) is 2. The number of aromatic nitrogens is 2. The minimum atomic E-state index is -1.56. The Labute approximate surface area is 390 Å². The molecule has 5 N–H and O–H groups in total. The molecule has 2 aliphatic carbocycles. The van der Waals surface area contributed by atoms with Crippen molar-refractivity contribution >= 4 is 74.6 Å². The van der Waals surface area contributed by atoms with Gasteiger partial charge in [-0.3, -0.25) is 19.6 Å². The highest BCUT2D eigenvalue weighted by Crippen LogP contribution is 2.68. The van der Waals surface area contributed by atoms with E-state index in [9.17, 15) is 27.6 Å². The molecule has 6 atom stereocenters. The van der Waals surface area contributed by atoms with Crippen molar-refractivity contribution in [2.24, 2.45) is 33.3 Å². The molecule has 19 heteroatoms. The molecular weight excluding hydrogens is 928 g/mol. The molecule has 4 heterocycles.